The Kier molecular flexibility index (Phi) is 4.78. The van der Waals surface area contributed by atoms with E-state index in [9.17, 15) is 17.6 Å². The maximum atomic E-state index is 13.1. The Hall–Kier alpha value is -1.27. The summed E-state index contributed by atoms with van der Waals surface area (Å²) in [7, 11) is -3.20. The minimum atomic E-state index is -3.20. The summed E-state index contributed by atoms with van der Waals surface area (Å²) in [5.74, 6) is -0.372. The van der Waals surface area contributed by atoms with Crippen molar-refractivity contribution in [2.45, 2.75) is 26.2 Å². The Labute approximate surface area is 125 Å². The van der Waals surface area contributed by atoms with Gasteiger partial charge in [0.15, 0.2) is 5.78 Å². The molecule has 1 aliphatic rings. The van der Waals surface area contributed by atoms with Crippen molar-refractivity contribution < 1.29 is 17.6 Å². The smallest absolute Gasteiger partial charge is 0.211 e. The van der Waals surface area contributed by atoms with Crippen LogP contribution in [0.25, 0.3) is 0 Å². The molecule has 1 aromatic rings. The summed E-state index contributed by atoms with van der Waals surface area (Å²) in [5, 5.41) is 0. The van der Waals surface area contributed by atoms with E-state index in [1.807, 2.05) is 0 Å². The summed E-state index contributed by atoms with van der Waals surface area (Å²) < 4.78 is 37.7. The number of hydrogen-bond donors (Lipinski definition) is 0. The maximum absolute atomic E-state index is 13.1. The molecule has 0 saturated carbocycles. The van der Waals surface area contributed by atoms with Crippen molar-refractivity contribution in [3.05, 3.63) is 35.1 Å². The number of halogens is 1. The van der Waals surface area contributed by atoms with Crippen LogP contribution in [0.4, 0.5) is 4.39 Å². The summed E-state index contributed by atoms with van der Waals surface area (Å²) in [6, 6.07) is 4.13. The molecule has 1 saturated heterocycles. The molecule has 6 heteroatoms. The first-order valence-corrected chi connectivity index (χ1v) is 8.86. The number of hydrogen-bond acceptors (Lipinski definition) is 3. The maximum Gasteiger partial charge on any atom is 0.211 e. The van der Waals surface area contributed by atoms with Gasteiger partial charge in [-0.3, -0.25) is 4.79 Å². The molecule has 2 rings (SSSR count). The molecule has 1 fully saturated rings. The van der Waals surface area contributed by atoms with Gasteiger partial charge < -0.3 is 0 Å². The lowest BCUT2D eigenvalue weighted by molar-refractivity contribution is 0.0941. The van der Waals surface area contributed by atoms with E-state index in [0.717, 1.165) is 12.8 Å². The highest BCUT2D eigenvalue weighted by molar-refractivity contribution is 7.88. The fraction of sp³-hybridized carbons (Fsp3) is 0.533. The Morgan fingerprint density at radius 1 is 1.43 bits per heavy atom. The number of benzene rings is 1. The van der Waals surface area contributed by atoms with Crippen LogP contribution in [0.15, 0.2) is 18.2 Å². The van der Waals surface area contributed by atoms with Gasteiger partial charge in [-0.25, -0.2) is 17.1 Å². The van der Waals surface area contributed by atoms with Gasteiger partial charge >= 0.3 is 0 Å². The van der Waals surface area contributed by atoms with E-state index in [-0.39, 0.29) is 17.5 Å². The number of carbonyl (C=O) groups is 1. The monoisotopic (exact) mass is 313 g/mol. The van der Waals surface area contributed by atoms with E-state index < -0.39 is 10.0 Å². The third-order valence-electron chi connectivity index (χ3n) is 3.91. The Bertz CT molecular complexity index is 642. The number of sulfonamides is 1. The largest absolute Gasteiger partial charge is 0.294 e. The van der Waals surface area contributed by atoms with Crippen LogP contribution in [0.5, 0.6) is 0 Å². The van der Waals surface area contributed by atoms with E-state index in [0.29, 0.717) is 30.6 Å². The fourth-order valence-electron chi connectivity index (χ4n) is 2.81. The normalized spacial score (nSPS) is 20.4. The molecule has 1 atom stereocenters. The summed E-state index contributed by atoms with van der Waals surface area (Å²) in [4.78, 5) is 12.3. The van der Waals surface area contributed by atoms with Crippen LogP contribution in [-0.2, 0) is 10.0 Å². The molecule has 0 amide bonds. The van der Waals surface area contributed by atoms with Gasteiger partial charge in [0.1, 0.15) is 5.82 Å². The van der Waals surface area contributed by atoms with Crippen LogP contribution in [0.3, 0.4) is 0 Å². The Morgan fingerprint density at radius 3 is 2.76 bits per heavy atom. The van der Waals surface area contributed by atoms with E-state index in [1.165, 1.54) is 28.8 Å². The summed E-state index contributed by atoms with van der Waals surface area (Å²) in [6.07, 6.45) is 3.12. The van der Waals surface area contributed by atoms with Gasteiger partial charge in [-0.1, -0.05) is 0 Å². The molecule has 1 heterocycles. The average Bonchev–Trinajstić information content (AvgIpc) is 2.37. The third-order valence-corrected chi connectivity index (χ3v) is 5.18. The minimum Gasteiger partial charge on any atom is -0.294 e. The van der Waals surface area contributed by atoms with Crippen LogP contribution >= 0.6 is 0 Å². The number of aryl methyl sites for hydroxylation is 1. The minimum absolute atomic E-state index is 0.0328. The fourth-order valence-corrected chi connectivity index (χ4v) is 3.75. The first kappa shape index (κ1) is 16.1. The molecule has 1 aliphatic heterocycles. The zero-order valence-corrected chi connectivity index (χ0v) is 13.1. The highest BCUT2D eigenvalue weighted by Gasteiger charge is 2.27. The van der Waals surface area contributed by atoms with Gasteiger partial charge in [-0.15, -0.1) is 0 Å². The van der Waals surface area contributed by atoms with E-state index in [4.69, 9.17) is 0 Å². The summed E-state index contributed by atoms with van der Waals surface area (Å²) in [6.45, 7) is 2.63. The molecule has 21 heavy (non-hydrogen) atoms. The molecular formula is C15H20FNO3S. The Morgan fingerprint density at radius 2 is 2.14 bits per heavy atom. The zero-order valence-electron chi connectivity index (χ0n) is 12.3. The second-order valence-electron chi connectivity index (χ2n) is 5.72. The van der Waals surface area contributed by atoms with Crippen LogP contribution < -0.4 is 0 Å². The van der Waals surface area contributed by atoms with Gasteiger partial charge in [-0.2, -0.15) is 0 Å². The van der Waals surface area contributed by atoms with Crippen molar-refractivity contribution in [3.8, 4) is 0 Å². The summed E-state index contributed by atoms with van der Waals surface area (Å²) >= 11 is 0. The zero-order chi connectivity index (χ0) is 15.6. The van der Waals surface area contributed by atoms with Gasteiger partial charge in [0, 0.05) is 25.1 Å². The number of carbonyl (C=O) groups excluding carboxylic acids is 1. The van der Waals surface area contributed by atoms with Crippen molar-refractivity contribution in [2.75, 3.05) is 19.3 Å². The molecule has 4 nitrogen and oxygen atoms in total. The molecule has 0 aromatic heterocycles. The van der Waals surface area contributed by atoms with Crippen molar-refractivity contribution >= 4 is 15.8 Å². The molecule has 0 spiro atoms. The molecule has 0 radical (unpaired) electrons. The van der Waals surface area contributed by atoms with Crippen molar-refractivity contribution in [3.63, 3.8) is 0 Å². The van der Waals surface area contributed by atoms with E-state index in [1.54, 1.807) is 6.92 Å². The predicted octanol–water partition coefficient (Wildman–Crippen LogP) is 2.38. The van der Waals surface area contributed by atoms with Crippen molar-refractivity contribution in [2.24, 2.45) is 5.92 Å². The van der Waals surface area contributed by atoms with Crippen LogP contribution in [0, 0.1) is 18.7 Å². The Balaban J connectivity index is 2.05. The van der Waals surface area contributed by atoms with Gasteiger partial charge in [0.05, 0.1) is 6.26 Å². The third kappa shape index (κ3) is 4.11. The number of piperidine rings is 1. The lowest BCUT2D eigenvalue weighted by Gasteiger charge is -2.30. The number of nitrogens with zero attached hydrogens (tertiary/aromatic N) is 1. The average molecular weight is 313 g/mol. The quantitative estimate of drug-likeness (QED) is 0.802. The van der Waals surface area contributed by atoms with Crippen LogP contribution in [0.1, 0.15) is 35.2 Å². The van der Waals surface area contributed by atoms with Gasteiger partial charge in [0.2, 0.25) is 10.0 Å². The van der Waals surface area contributed by atoms with Crippen LogP contribution in [-0.4, -0.2) is 37.9 Å². The highest BCUT2D eigenvalue weighted by atomic mass is 32.2. The lowest BCUT2D eigenvalue weighted by atomic mass is 9.90. The SMILES string of the molecule is Cc1cc(F)ccc1C(=O)CC1CCCN(S(C)(=O)=O)C1. The molecule has 116 valence electrons. The molecular weight excluding hydrogens is 293 g/mol. The highest BCUT2D eigenvalue weighted by Crippen LogP contribution is 2.24. The topological polar surface area (TPSA) is 54.5 Å². The number of rotatable bonds is 4. The molecule has 0 bridgehead atoms. The summed E-state index contributed by atoms with van der Waals surface area (Å²) in [5.41, 5.74) is 1.14. The lowest BCUT2D eigenvalue weighted by Crippen LogP contribution is -2.39. The van der Waals surface area contributed by atoms with E-state index >= 15 is 0 Å². The molecule has 1 unspecified atom stereocenters. The number of Topliss-reactive ketones (excluding diaryl/α,β-unsaturated/α-hetero) is 1. The number of ketones is 1. The molecule has 0 N–H and O–H groups in total. The van der Waals surface area contributed by atoms with Gasteiger partial charge in [0.25, 0.3) is 0 Å². The first-order chi connectivity index (χ1) is 9.77. The molecule has 0 aliphatic carbocycles. The molecule has 1 aromatic carbocycles. The van der Waals surface area contributed by atoms with Crippen molar-refractivity contribution in [1.82, 2.24) is 4.31 Å². The second-order valence-corrected chi connectivity index (χ2v) is 7.70. The standard InChI is InChI=1S/C15H20FNO3S/c1-11-8-13(16)5-6-14(11)15(18)9-12-4-3-7-17(10-12)21(2,19)20/h5-6,8,12H,3-4,7,9-10H2,1-2H3. The van der Waals surface area contributed by atoms with E-state index in [2.05, 4.69) is 0 Å². The first-order valence-electron chi connectivity index (χ1n) is 7.02. The van der Waals surface area contributed by atoms with Crippen molar-refractivity contribution in [1.29, 1.82) is 0 Å². The predicted molar refractivity (Wildman–Crippen MR) is 79.2 cm³/mol. The second kappa shape index (κ2) is 6.23. The van der Waals surface area contributed by atoms with Crippen LogP contribution in [0.2, 0.25) is 0 Å². The van der Waals surface area contributed by atoms with Gasteiger partial charge in [-0.05, 0) is 49.4 Å².